The third-order valence-electron chi connectivity index (χ3n) is 4.71. The van der Waals surface area contributed by atoms with Crippen LogP contribution in [0.3, 0.4) is 0 Å². The zero-order valence-electron chi connectivity index (χ0n) is 16.2. The Bertz CT molecular complexity index is 782. The monoisotopic (exact) mass is 373 g/mol. The Hall–Kier alpha value is -2.02. The van der Waals surface area contributed by atoms with Crippen LogP contribution in [0.4, 0.5) is 10.9 Å². The molecule has 0 spiro atoms. The lowest BCUT2D eigenvalue weighted by Crippen LogP contribution is -2.41. The molecule has 1 saturated heterocycles. The van der Waals surface area contributed by atoms with Gasteiger partial charge in [0.15, 0.2) is 11.0 Å². The van der Waals surface area contributed by atoms with E-state index in [4.69, 9.17) is 4.98 Å². The molecule has 1 atom stereocenters. The number of rotatable bonds is 4. The highest BCUT2D eigenvalue weighted by Gasteiger charge is 2.31. The average molecular weight is 374 g/mol. The van der Waals surface area contributed by atoms with Crippen LogP contribution in [0.2, 0.25) is 0 Å². The highest BCUT2D eigenvalue weighted by Crippen LogP contribution is 2.31. The number of carbonyl (C=O) groups excluding carboxylic acids is 1. The lowest BCUT2D eigenvalue weighted by atomic mass is 9.99. The highest BCUT2D eigenvalue weighted by molar-refractivity contribution is 7.15. The van der Waals surface area contributed by atoms with Gasteiger partial charge in [0.25, 0.3) is 0 Å². The van der Waals surface area contributed by atoms with Crippen molar-refractivity contribution in [2.24, 2.45) is 5.92 Å². The second-order valence-corrected chi connectivity index (χ2v) is 8.44. The highest BCUT2D eigenvalue weighted by atomic mass is 32.1. The number of hydrogen-bond donors (Lipinski definition) is 1. The largest absolute Gasteiger partial charge is 0.332 e. The normalized spacial score (nSPS) is 17.6. The van der Waals surface area contributed by atoms with Crippen LogP contribution < -0.4 is 5.32 Å². The van der Waals surface area contributed by atoms with E-state index in [0.29, 0.717) is 0 Å². The van der Waals surface area contributed by atoms with Gasteiger partial charge in [-0.05, 0) is 40.0 Å². The Labute approximate surface area is 159 Å². The molecule has 1 aliphatic rings. The first-order valence-corrected chi connectivity index (χ1v) is 10.0. The van der Waals surface area contributed by atoms with Crippen LogP contribution >= 0.6 is 11.3 Å². The quantitative estimate of drug-likeness (QED) is 0.864. The Balaban J connectivity index is 1.89. The van der Waals surface area contributed by atoms with Crippen molar-refractivity contribution < 1.29 is 4.79 Å². The zero-order valence-corrected chi connectivity index (χ0v) is 17.0. The second kappa shape index (κ2) is 7.70. The van der Waals surface area contributed by atoms with E-state index in [9.17, 15) is 4.79 Å². The van der Waals surface area contributed by atoms with Gasteiger partial charge in [0.05, 0.1) is 11.7 Å². The topological polar surface area (TPSA) is 71.0 Å². The molecule has 1 unspecified atom stereocenters. The van der Waals surface area contributed by atoms with Crippen LogP contribution in [0.1, 0.15) is 61.2 Å². The summed E-state index contributed by atoms with van der Waals surface area (Å²) in [5.41, 5.74) is 1.93. The van der Waals surface area contributed by atoms with Crippen molar-refractivity contribution in [3.63, 3.8) is 0 Å². The number of thiazole rings is 1. The van der Waals surface area contributed by atoms with Crippen molar-refractivity contribution in [2.45, 2.75) is 59.9 Å². The van der Waals surface area contributed by atoms with Crippen LogP contribution in [-0.2, 0) is 4.79 Å². The van der Waals surface area contributed by atoms with E-state index < -0.39 is 0 Å². The van der Waals surface area contributed by atoms with Crippen molar-refractivity contribution in [2.75, 3.05) is 11.9 Å². The lowest BCUT2D eigenvalue weighted by Gasteiger charge is -2.36. The van der Waals surface area contributed by atoms with Crippen LogP contribution in [0.5, 0.6) is 0 Å². The molecular weight excluding hydrogens is 346 g/mol. The Morgan fingerprint density at radius 3 is 2.65 bits per heavy atom. The summed E-state index contributed by atoms with van der Waals surface area (Å²) in [5, 5.41) is 4.14. The summed E-state index contributed by atoms with van der Waals surface area (Å²) in [6.07, 6.45) is 3.05. The molecule has 2 aromatic heterocycles. The molecule has 6 nitrogen and oxygen atoms in total. The van der Waals surface area contributed by atoms with E-state index in [2.05, 4.69) is 22.2 Å². The zero-order chi connectivity index (χ0) is 18.8. The summed E-state index contributed by atoms with van der Waals surface area (Å²) in [5.74, 6) is 1.63. The molecule has 26 heavy (non-hydrogen) atoms. The van der Waals surface area contributed by atoms with Crippen LogP contribution in [0, 0.1) is 26.7 Å². The summed E-state index contributed by atoms with van der Waals surface area (Å²) in [6.45, 7) is 10.7. The van der Waals surface area contributed by atoms with Crippen LogP contribution in [-0.4, -0.2) is 32.3 Å². The molecule has 140 valence electrons. The second-order valence-electron chi connectivity index (χ2n) is 7.24. The van der Waals surface area contributed by atoms with Gasteiger partial charge in [-0.25, -0.2) is 15.0 Å². The lowest BCUT2D eigenvalue weighted by molar-refractivity contribution is -0.138. The first-order chi connectivity index (χ1) is 12.3. The molecule has 1 N–H and O–H groups in total. The summed E-state index contributed by atoms with van der Waals surface area (Å²) < 4.78 is 0. The molecule has 3 rings (SSSR count). The average Bonchev–Trinajstić information content (AvgIpc) is 2.91. The van der Waals surface area contributed by atoms with Crippen molar-refractivity contribution in [1.82, 2.24) is 19.9 Å². The predicted octanol–water partition coefficient (Wildman–Crippen LogP) is 4.31. The van der Waals surface area contributed by atoms with E-state index in [1.165, 1.54) is 4.88 Å². The van der Waals surface area contributed by atoms with E-state index in [1.54, 1.807) is 11.3 Å². The number of aryl methyl sites for hydroxylation is 3. The fourth-order valence-corrected chi connectivity index (χ4v) is 4.06. The maximum atomic E-state index is 12.6. The van der Waals surface area contributed by atoms with Gasteiger partial charge in [-0.2, -0.15) is 0 Å². The first-order valence-electron chi connectivity index (χ1n) is 9.22. The van der Waals surface area contributed by atoms with Gasteiger partial charge in [-0.1, -0.05) is 13.8 Å². The maximum absolute atomic E-state index is 12.6. The number of piperidine rings is 1. The molecule has 0 saturated carbocycles. The minimum absolute atomic E-state index is 0.0146. The molecule has 7 heteroatoms. The smallest absolute Gasteiger partial charge is 0.225 e. The number of hydrogen-bond acceptors (Lipinski definition) is 6. The molecule has 2 aromatic rings. The number of anilines is 2. The standard InChI is InChI=1S/C19H27N5OS/c1-11(2)18(25)24-9-7-6-8-15(24)17-20-12(3)10-16(22-17)23-19-21-13(4)14(5)26-19/h10-11,15H,6-9H2,1-5H3,(H,20,21,22,23). The van der Waals surface area contributed by atoms with E-state index in [0.717, 1.165) is 54.0 Å². The molecule has 3 heterocycles. The first kappa shape index (κ1) is 18.8. The molecule has 1 amide bonds. The Morgan fingerprint density at radius 2 is 2.00 bits per heavy atom. The SMILES string of the molecule is Cc1cc(Nc2nc(C)c(C)s2)nc(C2CCCCN2C(=O)C(C)C)n1. The summed E-state index contributed by atoms with van der Waals surface area (Å²) >= 11 is 1.62. The molecule has 0 radical (unpaired) electrons. The van der Waals surface area contributed by atoms with E-state index in [1.807, 2.05) is 38.7 Å². The van der Waals surface area contributed by atoms with Crippen LogP contribution in [0.25, 0.3) is 0 Å². The van der Waals surface area contributed by atoms with E-state index in [-0.39, 0.29) is 17.9 Å². The number of amides is 1. The third-order valence-corrected chi connectivity index (χ3v) is 5.70. The van der Waals surface area contributed by atoms with Gasteiger partial charge in [0.2, 0.25) is 5.91 Å². The number of carbonyl (C=O) groups is 1. The molecule has 0 aromatic carbocycles. The molecular formula is C19H27N5OS. The van der Waals surface area contributed by atoms with Gasteiger partial charge < -0.3 is 10.2 Å². The maximum Gasteiger partial charge on any atom is 0.225 e. The summed E-state index contributed by atoms with van der Waals surface area (Å²) in [6, 6.07) is 1.88. The van der Waals surface area contributed by atoms with Crippen molar-refractivity contribution in [1.29, 1.82) is 0 Å². The number of likely N-dealkylation sites (tertiary alicyclic amines) is 1. The van der Waals surface area contributed by atoms with Crippen molar-refractivity contribution >= 4 is 28.2 Å². The van der Waals surface area contributed by atoms with Gasteiger partial charge >= 0.3 is 0 Å². The van der Waals surface area contributed by atoms with Gasteiger partial charge in [0, 0.05) is 29.1 Å². The third kappa shape index (κ3) is 4.03. The fourth-order valence-electron chi connectivity index (χ4n) is 3.24. The van der Waals surface area contributed by atoms with Crippen LogP contribution in [0.15, 0.2) is 6.07 Å². The number of nitrogens with one attached hydrogen (secondary N) is 1. The minimum Gasteiger partial charge on any atom is -0.332 e. The van der Waals surface area contributed by atoms with Crippen molar-refractivity contribution in [3.05, 3.63) is 28.2 Å². The number of aromatic nitrogens is 3. The molecule has 0 bridgehead atoms. The summed E-state index contributed by atoms with van der Waals surface area (Å²) in [4.78, 5) is 29.7. The molecule has 1 aliphatic heterocycles. The van der Waals surface area contributed by atoms with Gasteiger partial charge in [-0.3, -0.25) is 4.79 Å². The van der Waals surface area contributed by atoms with Crippen molar-refractivity contribution in [3.8, 4) is 0 Å². The predicted molar refractivity (Wildman–Crippen MR) is 105 cm³/mol. The Kier molecular flexibility index (Phi) is 5.55. The fraction of sp³-hybridized carbons (Fsp3) is 0.579. The molecule has 0 aliphatic carbocycles. The Morgan fingerprint density at radius 1 is 1.23 bits per heavy atom. The molecule has 1 fully saturated rings. The van der Waals surface area contributed by atoms with Gasteiger partial charge in [0.1, 0.15) is 5.82 Å². The van der Waals surface area contributed by atoms with Gasteiger partial charge in [-0.15, -0.1) is 11.3 Å². The van der Waals surface area contributed by atoms with E-state index >= 15 is 0 Å². The summed E-state index contributed by atoms with van der Waals surface area (Å²) in [7, 11) is 0. The minimum atomic E-state index is -0.0427. The number of nitrogens with zero attached hydrogens (tertiary/aromatic N) is 4.